The number of amides is 2. The van der Waals surface area contributed by atoms with Gasteiger partial charge in [0.2, 0.25) is 0 Å². The van der Waals surface area contributed by atoms with Crippen molar-refractivity contribution in [3.8, 4) is 0 Å². The van der Waals surface area contributed by atoms with Gasteiger partial charge in [-0.15, -0.1) is 0 Å². The summed E-state index contributed by atoms with van der Waals surface area (Å²) in [4.78, 5) is 54.0. The van der Waals surface area contributed by atoms with Gasteiger partial charge in [0.25, 0.3) is 17.4 Å². The number of carbonyl (C=O) groups is 3. The summed E-state index contributed by atoms with van der Waals surface area (Å²) in [6, 6.07) is 5.87. The minimum absolute atomic E-state index is 0.0294. The summed E-state index contributed by atoms with van der Waals surface area (Å²) in [6.07, 6.45) is -4.42. The van der Waals surface area contributed by atoms with Gasteiger partial charge in [0.05, 0.1) is 16.7 Å². The van der Waals surface area contributed by atoms with Crippen molar-refractivity contribution in [3.63, 3.8) is 0 Å². The van der Waals surface area contributed by atoms with E-state index in [9.17, 15) is 32.3 Å². The monoisotopic (exact) mass is 352 g/mol. The van der Waals surface area contributed by atoms with E-state index in [-0.39, 0.29) is 22.3 Å². The number of nitrogens with zero attached hydrogens (tertiary/aromatic N) is 1. The minimum Gasteiger partial charge on any atom is -0.328 e. The number of H-pyrrole nitrogens is 1. The van der Waals surface area contributed by atoms with Crippen molar-refractivity contribution in [1.82, 2.24) is 10.0 Å². The molecule has 1 aromatic carbocycles. The molecule has 0 unspecified atom stereocenters. The third-order valence-electron chi connectivity index (χ3n) is 3.38. The number of halogens is 3. The molecule has 1 aliphatic rings. The second kappa shape index (κ2) is 5.58. The van der Waals surface area contributed by atoms with Crippen LogP contribution in [0.3, 0.4) is 0 Å². The van der Waals surface area contributed by atoms with Crippen molar-refractivity contribution in [1.29, 1.82) is 0 Å². The molecule has 1 N–H and O–H groups in total. The van der Waals surface area contributed by atoms with E-state index in [2.05, 4.69) is 4.84 Å². The highest BCUT2D eigenvalue weighted by Crippen LogP contribution is 2.29. The van der Waals surface area contributed by atoms with Crippen LogP contribution in [0.2, 0.25) is 0 Å². The predicted molar refractivity (Wildman–Crippen MR) is 74.4 cm³/mol. The van der Waals surface area contributed by atoms with Crippen LogP contribution in [0, 0.1) is 0 Å². The lowest BCUT2D eigenvalue weighted by molar-refractivity contribution is -0.137. The summed E-state index contributed by atoms with van der Waals surface area (Å²) in [7, 11) is 0. The quantitative estimate of drug-likeness (QED) is 0.831. The summed E-state index contributed by atoms with van der Waals surface area (Å²) < 4.78 is 38.0. The van der Waals surface area contributed by atoms with E-state index in [0.717, 1.165) is 0 Å². The Kier molecular flexibility index (Phi) is 3.67. The smallest absolute Gasteiger partial charge is 0.328 e. The molecular weight excluding hydrogens is 345 g/mol. The van der Waals surface area contributed by atoms with Gasteiger partial charge in [0.15, 0.2) is 0 Å². The van der Waals surface area contributed by atoms with Crippen molar-refractivity contribution < 1.29 is 32.4 Å². The van der Waals surface area contributed by atoms with Crippen LogP contribution < -0.4 is 5.56 Å². The maximum atomic E-state index is 12.7. The third-order valence-corrected chi connectivity index (χ3v) is 3.38. The SMILES string of the molecule is O=C(ON1C(=O)c2ccccc2C1=O)c1cc(C(F)(F)F)c[nH]c1=O. The minimum atomic E-state index is -4.81. The molecule has 25 heavy (non-hydrogen) atoms. The molecule has 128 valence electrons. The summed E-state index contributed by atoms with van der Waals surface area (Å²) in [5, 5.41) is 0.104. The molecule has 1 aliphatic heterocycles. The van der Waals surface area contributed by atoms with Gasteiger partial charge >= 0.3 is 12.1 Å². The highest BCUT2D eigenvalue weighted by atomic mass is 19.4. The fourth-order valence-electron chi connectivity index (χ4n) is 2.18. The van der Waals surface area contributed by atoms with Gasteiger partial charge in [-0.05, 0) is 18.2 Å². The molecule has 2 heterocycles. The predicted octanol–water partition coefficient (Wildman–Crippen LogP) is 1.76. The first kappa shape index (κ1) is 16.4. The van der Waals surface area contributed by atoms with E-state index < -0.39 is 40.6 Å². The third kappa shape index (κ3) is 2.77. The lowest BCUT2D eigenvalue weighted by Crippen LogP contribution is -2.34. The van der Waals surface area contributed by atoms with Crippen LogP contribution in [-0.4, -0.2) is 27.8 Å². The topological polar surface area (TPSA) is 96.5 Å². The summed E-state index contributed by atoms with van der Waals surface area (Å²) in [6.45, 7) is 0. The Morgan fingerprint density at radius 3 is 2.12 bits per heavy atom. The van der Waals surface area contributed by atoms with Crippen LogP contribution in [0.15, 0.2) is 41.3 Å². The molecule has 7 nitrogen and oxygen atoms in total. The van der Waals surface area contributed by atoms with Gasteiger partial charge < -0.3 is 9.82 Å². The first-order valence-electron chi connectivity index (χ1n) is 6.70. The number of carbonyl (C=O) groups excluding carboxylic acids is 3. The number of imide groups is 1. The van der Waals surface area contributed by atoms with Gasteiger partial charge in [-0.3, -0.25) is 14.4 Å². The molecule has 0 spiro atoms. The second-order valence-corrected chi connectivity index (χ2v) is 4.96. The van der Waals surface area contributed by atoms with E-state index in [1.807, 2.05) is 0 Å². The molecule has 1 aromatic heterocycles. The van der Waals surface area contributed by atoms with E-state index >= 15 is 0 Å². The van der Waals surface area contributed by atoms with E-state index in [0.29, 0.717) is 6.20 Å². The number of pyridine rings is 1. The number of hydrogen-bond donors (Lipinski definition) is 1. The normalized spacial score (nSPS) is 13.8. The zero-order valence-corrected chi connectivity index (χ0v) is 12.1. The summed E-state index contributed by atoms with van der Waals surface area (Å²) >= 11 is 0. The average Bonchev–Trinajstić information content (AvgIpc) is 2.79. The van der Waals surface area contributed by atoms with Crippen LogP contribution in [0.25, 0.3) is 0 Å². The number of rotatable bonds is 2. The number of aromatic nitrogens is 1. The summed E-state index contributed by atoms with van der Waals surface area (Å²) in [5.74, 6) is -3.49. The van der Waals surface area contributed by atoms with Crippen molar-refractivity contribution >= 4 is 17.8 Å². The fourth-order valence-corrected chi connectivity index (χ4v) is 2.18. The van der Waals surface area contributed by atoms with Crippen molar-refractivity contribution in [3.05, 3.63) is 69.1 Å². The Labute approximate surface area is 136 Å². The van der Waals surface area contributed by atoms with E-state index in [1.54, 1.807) is 4.98 Å². The Balaban J connectivity index is 1.91. The Morgan fingerprint density at radius 1 is 1.04 bits per heavy atom. The molecule has 0 saturated carbocycles. The van der Waals surface area contributed by atoms with E-state index in [1.165, 1.54) is 24.3 Å². The van der Waals surface area contributed by atoms with Gasteiger partial charge in [-0.25, -0.2) is 4.79 Å². The number of aromatic amines is 1. The molecule has 0 saturated heterocycles. The molecule has 0 bridgehead atoms. The number of nitrogens with one attached hydrogen (secondary N) is 1. The van der Waals surface area contributed by atoms with Gasteiger partial charge in [-0.2, -0.15) is 13.2 Å². The first-order chi connectivity index (χ1) is 11.7. The van der Waals surface area contributed by atoms with E-state index in [4.69, 9.17) is 0 Å². The number of benzene rings is 1. The Morgan fingerprint density at radius 2 is 1.60 bits per heavy atom. The number of hydrogen-bond acceptors (Lipinski definition) is 5. The number of alkyl halides is 3. The molecule has 0 radical (unpaired) electrons. The van der Waals surface area contributed by atoms with Gasteiger partial charge in [-0.1, -0.05) is 17.2 Å². The highest BCUT2D eigenvalue weighted by Gasteiger charge is 2.39. The molecule has 0 atom stereocenters. The zero-order valence-electron chi connectivity index (χ0n) is 12.1. The lowest BCUT2D eigenvalue weighted by atomic mass is 10.1. The lowest BCUT2D eigenvalue weighted by Gasteiger charge is -2.13. The maximum Gasteiger partial charge on any atom is 0.417 e. The number of hydroxylamine groups is 2. The number of fused-ring (bicyclic) bond motifs is 1. The summed E-state index contributed by atoms with van der Waals surface area (Å²) in [5.41, 5.74) is -3.50. The maximum absolute atomic E-state index is 12.7. The van der Waals surface area contributed by atoms with Crippen LogP contribution in [0.1, 0.15) is 36.6 Å². The van der Waals surface area contributed by atoms with Crippen molar-refractivity contribution in [2.24, 2.45) is 0 Å². The highest BCUT2D eigenvalue weighted by molar-refractivity contribution is 6.21. The van der Waals surface area contributed by atoms with Crippen LogP contribution in [0.4, 0.5) is 13.2 Å². The molecule has 2 aromatic rings. The molecule has 0 fully saturated rings. The Bertz CT molecular complexity index is 929. The van der Waals surface area contributed by atoms with Crippen LogP contribution >= 0.6 is 0 Å². The van der Waals surface area contributed by atoms with Crippen LogP contribution in [0.5, 0.6) is 0 Å². The standard InChI is InChI=1S/C15H7F3N2O5/c16-15(17,18)7-5-10(11(21)19-6-7)14(24)25-20-12(22)8-3-1-2-4-9(8)13(20)23/h1-6H,(H,19,21). The zero-order chi connectivity index (χ0) is 18.4. The molecule has 0 aliphatic carbocycles. The second-order valence-electron chi connectivity index (χ2n) is 4.96. The molecule has 2 amide bonds. The largest absolute Gasteiger partial charge is 0.417 e. The first-order valence-corrected chi connectivity index (χ1v) is 6.70. The molecule has 3 rings (SSSR count). The van der Waals surface area contributed by atoms with Gasteiger partial charge in [0, 0.05) is 6.20 Å². The van der Waals surface area contributed by atoms with Crippen molar-refractivity contribution in [2.45, 2.75) is 6.18 Å². The Hall–Kier alpha value is -3.43. The van der Waals surface area contributed by atoms with Gasteiger partial charge in [0.1, 0.15) is 5.56 Å². The fraction of sp³-hybridized carbons (Fsp3) is 0.0667. The molecule has 10 heteroatoms. The van der Waals surface area contributed by atoms with Crippen molar-refractivity contribution in [2.75, 3.05) is 0 Å². The van der Waals surface area contributed by atoms with Crippen LogP contribution in [-0.2, 0) is 11.0 Å². The molecular formula is C15H7F3N2O5. The average molecular weight is 352 g/mol.